The molecule has 0 fully saturated rings. The van der Waals surface area contributed by atoms with Crippen molar-refractivity contribution in [2.24, 2.45) is 0 Å². The molecule has 1 nitrogen and oxygen atoms in total. The second-order valence-electron chi connectivity index (χ2n) is 2.83. The molecule has 2 heterocycles. The van der Waals surface area contributed by atoms with Crippen LogP contribution in [0.25, 0.3) is 10.6 Å². The van der Waals surface area contributed by atoms with E-state index in [1.807, 2.05) is 35.7 Å². The predicted octanol–water partition coefficient (Wildman–Crippen LogP) is 3.37. The largest absolute Gasteiger partial charge is 0.255 e. The Morgan fingerprint density at radius 1 is 1.23 bits per heavy atom. The second-order valence-corrected chi connectivity index (χ2v) is 4.00. The van der Waals surface area contributed by atoms with Crippen LogP contribution in [0.4, 0.5) is 0 Å². The van der Waals surface area contributed by atoms with E-state index >= 15 is 0 Å². The van der Waals surface area contributed by atoms with Gasteiger partial charge in [-0.3, -0.25) is 4.98 Å². The first kappa shape index (κ1) is 8.45. The van der Waals surface area contributed by atoms with Crippen molar-refractivity contribution < 1.29 is 0 Å². The van der Waals surface area contributed by atoms with E-state index in [4.69, 9.17) is 0 Å². The summed E-state index contributed by atoms with van der Waals surface area (Å²) >= 11 is 1.82. The summed E-state index contributed by atoms with van der Waals surface area (Å²) in [7, 11) is 0. The van der Waals surface area contributed by atoms with Gasteiger partial charge < -0.3 is 0 Å². The molecule has 0 atom stereocenters. The van der Waals surface area contributed by atoms with Crippen LogP contribution in [0.5, 0.6) is 0 Å². The molecule has 0 saturated carbocycles. The smallest absolute Gasteiger partial charge is 0.0801 e. The van der Waals surface area contributed by atoms with Crippen LogP contribution in [-0.4, -0.2) is 4.98 Å². The Balaban J connectivity index is 2.36. The molecular weight excluding hydrogens is 178 g/mol. The van der Waals surface area contributed by atoms with E-state index in [0.29, 0.717) is 0 Å². The minimum absolute atomic E-state index is 1.08. The van der Waals surface area contributed by atoms with Gasteiger partial charge in [0.2, 0.25) is 0 Å². The van der Waals surface area contributed by atoms with Crippen molar-refractivity contribution in [1.82, 2.24) is 4.98 Å². The number of pyridine rings is 1. The number of aryl methyl sites for hydroxylation is 1. The summed E-state index contributed by atoms with van der Waals surface area (Å²) in [5.74, 6) is 0. The molecule has 0 N–H and O–H groups in total. The molecule has 0 saturated heterocycles. The van der Waals surface area contributed by atoms with Crippen LogP contribution < -0.4 is 0 Å². The number of rotatable bonds is 2. The molecular formula is C11H11NS. The van der Waals surface area contributed by atoms with Crippen LogP contribution in [0.3, 0.4) is 0 Å². The summed E-state index contributed by atoms with van der Waals surface area (Å²) in [6.07, 6.45) is 2.94. The zero-order valence-corrected chi connectivity index (χ0v) is 8.34. The third-order valence-electron chi connectivity index (χ3n) is 1.93. The predicted molar refractivity (Wildman–Crippen MR) is 56.9 cm³/mol. The molecule has 0 aromatic carbocycles. The van der Waals surface area contributed by atoms with Gasteiger partial charge in [-0.15, -0.1) is 11.3 Å². The molecule has 2 aromatic rings. The summed E-state index contributed by atoms with van der Waals surface area (Å²) in [4.78, 5) is 6.99. The summed E-state index contributed by atoms with van der Waals surface area (Å²) in [6, 6.07) is 10.3. The average molecular weight is 189 g/mol. The molecule has 0 spiro atoms. The van der Waals surface area contributed by atoms with E-state index in [-0.39, 0.29) is 0 Å². The van der Waals surface area contributed by atoms with Gasteiger partial charge in [0.05, 0.1) is 10.6 Å². The van der Waals surface area contributed by atoms with Gasteiger partial charge in [0, 0.05) is 11.1 Å². The quantitative estimate of drug-likeness (QED) is 0.705. The van der Waals surface area contributed by atoms with Gasteiger partial charge in [0.25, 0.3) is 0 Å². The van der Waals surface area contributed by atoms with Gasteiger partial charge in [0.1, 0.15) is 0 Å². The van der Waals surface area contributed by atoms with Crippen molar-refractivity contribution in [2.45, 2.75) is 13.3 Å². The maximum Gasteiger partial charge on any atom is 0.0801 e. The van der Waals surface area contributed by atoms with Crippen molar-refractivity contribution >= 4 is 11.3 Å². The van der Waals surface area contributed by atoms with Gasteiger partial charge in [0.15, 0.2) is 0 Å². The normalized spacial score (nSPS) is 10.2. The first-order chi connectivity index (χ1) is 6.40. The van der Waals surface area contributed by atoms with E-state index in [2.05, 4.69) is 24.0 Å². The Kier molecular flexibility index (Phi) is 2.41. The standard InChI is InChI=1S/C11H11NS/c1-2-9-6-7-11(13-9)10-5-3-4-8-12-10/h3-8H,2H2,1H3. The van der Waals surface area contributed by atoms with Gasteiger partial charge >= 0.3 is 0 Å². The molecule has 0 radical (unpaired) electrons. The molecule has 2 aromatic heterocycles. The molecule has 0 bridgehead atoms. The average Bonchev–Trinajstić information content (AvgIpc) is 2.67. The molecule has 0 amide bonds. The maximum atomic E-state index is 4.31. The Morgan fingerprint density at radius 2 is 2.15 bits per heavy atom. The van der Waals surface area contributed by atoms with Crippen molar-refractivity contribution in [2.75, 3.05) is 0 Å². The Hall–Kier alpha value is -1.15. The van der Waals surface area contributed by atoms with Crippen LogP contribution in [0.15, 0.2) is 36.5 Å². The minimum atomic E-state index is 1.08. The van der Waals surface area contributed by atoms with Crippen molar-refractivity contribution in [1.29, 1.82) is 0 Å². The molecule has 0 unspecified atom stereocenters. The van der Waals surface area contributed by atoms with E-state index in [1.54, 1.807) is 0 Å². The number of aromatic nitrogens is 1. The third-order valence-corrected chi connectivity index (χ3v) is 3.18. The first-order valence-electron chi connectivity index (χ1n) is 4.40. The van der Waals surface area contributed by atoms with Gasteiger partial charge in [-0.05, 0) is 30.7 Å². The molecule has 0 aliphatic heterocycles. The lowest BCUT2D eigenvalue weighted by molar-refractivity contribution is 1.19. The van der Waals surface area contributed by atoms with Crippen LogP contribution in [-0.2, 0) is 6.42 Å². The highest BCUT2D eigenvalue weighted by Gasteiger charge is 2.01. The highest BCUT2D eigenvalue weighted by atomic mass is 32.1. The SMILES string of the molecule is CCc1ccc(-c2ccccn2)s1. The van der Waals surface area contributed by atoms with E-state index < -0.39 is 0 Å². The van der Waals surface area contributed by atoms with Gasteiger partial charge in [-0.1, -0.05) is 13.0 Å². The topological polar surface area (TPSA) is 12.9 Å². The van der Waals surface area contributed by atoms with Gasteiger partial charge in [-0.25, -0.2) is 0 Å². The number of hydrogen-bond donors (Lipinski definition) is 0. The molecule has 2 rings (SSSR count). The van der Waals surface area contributed by atoms with Crippen LogP contribution in [0, 0.1) is 0 Å². The lowest BCUT2D eigenvalue weighted by Gasteiger charge is -1.93. The maximum absolute atomic E-state index is 4.31. The summed E-state index contributed by atoms with van der Waals surface area (Å²) in [5.41, 5.74) is 1.08. The minimum Gasteiger partial charge on any atom is -0.255 e. The lowest BCUT2D eigenvalue weighted by atomic mass is 10.3. The molecule has 0 aliphatic carbocycles. The first-order valence-corrected chi connectivity index (χ1v) is 5.22. The zero-order chi connectivity index (χ0) is 9.10. The number of thiophene rings is 1. The van der Waals surface area contributed by atoms with E-state index in [1.165, 1.54) is 9.75 Å². The molecule has 66 valence electrons. The fourth-order valence-corrected chi connectivity index (χ4v) is 2.14. The van der Waals surface area contributed by atoms with Gasteiger partial charge in [-0.2, -0.15) is 0 Å². The Morgan fingerprint density at radius 3 is 2.77 bits per heavy atom. The Bertz CT molecular complexity index is 378. The van der Waals surface area contributed by atoms with Crippen LogP contribution >= 0.6 is 11.3 Å². The number of hydrogen-bond acceptors (Lipinski definition) is 2. The van der Waals surface area contributed by atoms with Crippen LogP contribution in [0.2, 0.25) is 0 Å². The number of nitrogens with zero attached hydrogens (tertiary/aromatic N) is 1. The highest BCUT2D eigenvalue weighted by molar-refractivity contribution is 7.15. The van der Waals surface area contributed by atoms with Crippen molar-refractivity contribution in [3.05, 3.63) is 41.4 Å². The Labute approximate surface area is 82.1 Å². The zero-order valence-electron chi connectivity index (χ0n) is 7.53. The fraction of sp³-hybridized carbons (Fsp3) is 0.182. The van der Waals surface area contributed by atoms with Crippen LogP contribution in [0.1, 0.15) is 11.8 Å². The summed E-state index contributed by atoms with van der Waals surface area (Å²) in [5, 5.41) is 0. The second kappa shape index (κ2) is 3.71. The van der Waals surface area contributed by atoms with E-state index in [9.17, 15) is 0 Å². The summed E-state index contributed by atoms with van der Waals surface area (Å²) < 4.78 is 0. The monoisotopic (exact) mass is 189 g/mol. The molecule has 13 heavy (non-hydrogen) atoms. The van der Waals surface area contributed by atoms with E-state index in [0.717, 1.165) is 12.1 Å². The molecule has 0 aliphatic rings. The van der Waals surface area contributed by atoms with Crippen molar-refractivity contribution in [3.8, 4) is 10.6 Å². The third kappa shape index (κ3) is 1.78. The summed E-state index contributed by atoms with van der Waals surface area (Å²) in [6.45, 7) is 2.17. The fourth-order valence-electron chi connectivity index (χ4n) is 1.21. The highest BCUT2D eigenvalue weighted by Crippen LogP contribution is 2.26. The lowest BCUT2D eigenvalue weighted by Crippen LogP contribution is -1.75. The van der Waals surface area contributed by atoms with Crippen molar-refractivity contribution in [3.63, 3.8) is 0 Å². The molecule has 2 heteroatoms.